The Balaban J connectivity index is 2.11. The van der Waals surface area contributed by atoms with E-state index in [1.165, 1.54) is 11.1 Å². The van der Waals surface area contributed by atoms with Crippen LogP contribution < -0.4 is 10.6 Å². The Morgan fingerprint density at radius 1 is 1.16 bits per heavy atom. The number of nitrogens with zero attached hydrogens (tertiary/aromatic N) is 2. The summed E-state index contributed by atoms with van der Waals surface area (Å²) in [6, 6.07) is 10.7. The second-order valence-electron chi connectivity index (χ2n) is 5.19. The maximum absolute atomic E-state index is 5.93. The lowest BCUT2D eigenvalue weighted by Gasteiger charge is -2.21. The third-order valence-electron chi connectivity index (χ3n) is 3.31. The Kier molecular flexibility index (Phi) is 4.05. The molecule has 0 aliphatic rings. The molecular weight excluding hydrogens is 234 g/mol. The third-order valence-corrected chi connectivity index (χ3v) is 3.31. The molecule has 19 heavy (non-hydrogen) atoms. The van der Waals surface area contributed by atoms with E-state index >= 15 is 0 Å². The molecule has 0 atom stereocenters. The predicted octanol–water partition coefficient (Wildman–Crippen LogP) is 3.42. The van der Waals surface area contributed by atoms with E-state index in [1.807, 2.05) is 13.1 Å². The van der Waals surface area contributed by atoms with E-state index in [1.54, 1.807) is 12.4 Å². The zero-order valence-electron chi connectivity index (χ0n) is 11.8. The van der Waals surface area contributed by atoms with Crippen molar-refractivity contribution in [3.63, 3.8) is 0 Å². The van der Waals surface area contributed by atoms with Crippen molar-refractivity contribution in [2.45, 2.75) is 26.3 Å². The van der Waals surface area contributed by atoms with Gasteiger partial charge >= 0.3 is 0 Å². The number of aromatic nitrogens is 1. The molecule has 0 radical (unpaired) electrons. The van der Waals surface area contributed by atoms with Crippen molar-refractivity contribution in [1.29, 1.82) is 0 Å². The average molecular weight is 255 g/mol. The molecule has 0 unspecified atom stereocenters. The normalized spacial score (nSPS) is 10.7. The summed E-state index contributed by atoms with van der Waals surface area (Å²) in [5, 5.41) is 0. The van der Waals surface area contributed by atoms with Gasteiger partial charge in [-0.1, -0.05) is 38.1 Å². The van der Waals surface area contributed by atoms with Crippen LogP contribution >= 0.6 is 0 Å². The van der Waals surface area contributed by atoms with E-state index in [0.29, 0.717) is 11.6 Å². The number of hydrogen-bond donors (Lipinski definition) is 1. The molecule has 0 aliphatic heterocycles. The highest BCUT2D eigenvalue weighted by molar-refractivity contribution is 5.65. The Morgan fingerprint density at radius 3 is 2.42 bits per heavy atom. The molecule has 2 aromatic rings. The number of benzene rings is 1. The van der Waals surface area contributed by atoms with Gasteiger partial charge in [-0.05, 0) is 23.1 Å². The van der Waals surface area contributed by atoms with Crippen LogP contribution in [0.3, 0.4) is 0 Å². The summed E-state index contributed by atoms with van der Waals surface area (Å²) < 4.78 is 0. The smallest absolute Gasteiger partial charge is 0.0738 e. The lowest BCUT2D eigenvalue weighted by Crippen LogP contribution is -2.17. The van der Waals surface area contributed by atoms with Gasteiger partial charge in [0.2, 0.25) is 0 Å². The van der Waals surface area contributed by atoms with Gasteiger partial charge < -0.3 is 10.6 Å². The first-order chi connectivity index (χ1) is 9.08. The van der Waals surface area contributed by atoms with Crippen molar-refractivity contribution in [3.8, 4) is 0 Å². The molecule has 3 nitrogen and oxygen atoms in total. The highest BCUT2D eigenvalue weighted by atomic mass is 15.1. The highest BCUT2D eigenvalue weighted by Gasteiger charge is 2.06. The second-order valence-corrected chi connectivity index (χ2v) is 5.19. The van der Waals surface area contributed by atoms with Crippen LogP contribution in [0.2, 0.25) is 0 Å². The van der Waals surface area contributed by atoms with Gasteiger partial charge in [0.25, 0.3) is 0 Å². The molecule has 3 heteroatoms. The van der Waals surface area contributed by atoms with Crippen molar-refractivity contribution < 1.29 is 0 Å². The number of rotatable bonds is 4. The molecule has 0 amide bonds. The van der Waals surface area contributed by atoms with E-state index in [0.717, 1.165) is 12.2 Å². The highest BCUT2D eigenvalue weighted by Crippen LogP contribution is 2.22. The maximum Gasteiger partial charge on any atom is 0.0738 e. The summed E-state index contributed by atoms with van der Waals surface area (Å²) in [5.74, 6) is 0.572. The summed E-state index contributed by atoms with van der Waals surface area (Å²) in [6.45, 7) is 5.25. The van der Waals surface area contributed by atoms with Crippen LogP contribution in [0.5, 0.6) is 0 Å². The summed E-state index contributed by atoms with van der Waals surface area (Å²) in [4.78, 5) is 6.15. The Bertz CT molecular complexity index is 532. The molecule has 2 N–H and O–H groups in total. The molecule has 1 aromatic carbocycles. The largest absolute Gasteiger partial charge is 0.396 e. The van der Waals surface area contributed by atoms with Crippen molar-refractivity contribution in [2.24, 2.45) is 0 Å². The Hall–Kier alpha value is -2.03. The summed E-state index contributed by atoms with van der Waals surface area (Å²) in [5.41, 5.74) is 10.3. The SMILES string of the molecule is CC(C)c1ccc(CN(C)c2ccncc2N)cc1. The molecule has 100 valence electrons. The number of nitrogens with two attached hydrogens (primary N) is 1. The van der Waals surface area contributed by atoms with Crippen molar-refractivity contribution in [3.05, 3.63) is 53.9 Å². The monoisotopic (exact) mass is 255 g/mol. The zero-order chi connectivity index (χ0) is 13.8. The van der Waals surface area contributed by atoms with Crippen molar-refractivity contribution in [1.82, 2.24) is 4.98 Å². The lowest BCUT2D eigenvalue weighted by atomic mass is 10.0. The van der Waals surface area contributed by atoms with Gasteiger partial charge in [-0.25, -0.2) is 0 Å². The van der Waals surface area contributed by atoms with Crippen LogP contribution in [0.4, 0.5) is 11.4 Å². The molecule has 2 rings (SSSR count). The maximum atomic E-state index is 5.93. The van der Waals surface area contributed by atoms with E-state index in [2.05, 4.69) is 48.0 Å². The summed E-state index contributed by atoms with van der Waals surface area (Å²) in [6.07, 6.45) is 3.46. The minimum Gasteiger partial charge on any atom is -0.396 e. The molecule has 0 spiro atoms. The minimum atomic E-state index is 0.572. The number of hydrogen-bond acceptors (Lipinski definition) is 3. The van der Waals surface area contributed by atoms with Crippen LogP contribution in [0.15, 0.2) is 42.7 Å². The Morgan fingerprint density at radius 2 is 1.84 bits per heavy atom. The first kappa shape index (κ1) is 13.4. The van der Waals surface area contributed by atoms with Gasteiger partial charge in [-0.2, -0.15) is 0 Å². The van der Waals surface area contributed by atoms with E-state index < -0.39 is 0 Å². The van der Waals surface area contributed by atoms with E-state index in [-0.39, 0.29) is 0 Å². The molecule has 1 aromatic heterocycles. The van der Waals surface area contributed by atoms with Crippen LogP contribution in [0, 0.1) is 0 Å². The second kappa shape index (κ2) is 5.74. The summed E-state index contributed by atoms with van der Waals surface area (Å²) >= 11 is 0. The third kappa shape index (κ3) is 3.25. The topological polar surface area (TPSA) is 42.2 Å². The fraction of sp³-hybridized carbons (Fsp3) is 0.312. The molecule has 0 saturated carbocycles. The van der Waals surface area contributed by atoms with Crippen molar-refractivity contribution in [2.75, 3.05) is 17.7 Å². The summed E-state index contributed by atoms with van der Waals surface area (Å²) in [7, 11) is 2.04. The van der Waals surface area contributed by atoms with Crippen molar-refractivity contribution >= 4 is 11.4 Å². The molecule has 0 bridgehead atoms. The van der Waals surface area contributed by atoms with Crippen LogP contribution in [-0.4, -0.2) is 12.0 Å². The molecule has 1 heterocycles. The van der Waals surface area contributed by atoms with Gasteiger partial charge in [0, 0.05) is 19.8 Å². The quantitative estimate of drug-likeness (QED) is 0.910. The van der Waals surface area contributed by atoms with Crippen LogP contribution in [0.25, 0.3) is 0 Å². The van der Waals surface area contributed by atoms with Crippen LogP contribution in [-0.2, 0) is 6.54 Å². The van der Waals surface area contributed by atoms with Gasteiger partial charge in [-0.3, -0.25) is 4.98 Å². The first-order valence-electron chi connectivity index (χ1n) is 6.57. The fourth-order valence-corrected chi connectivity index (χ4v) is 2.11. The lowest BCUT2D eigenvalue weighted by molar-refractivity contribution is 0.861. The van der Waals surface area contributed by atoms with E-state index in [4.69, 9.17) is 5.73 Å². The average Bonchev–Trinajstić information content (AvgIpc) is 2.39. The number of anilines is 2. The van der Waals surface area contributed by atoms with Gasteiger partial charge in [0.05, 0.1) is 17.6 Å². The van der Waals surface area contributed by atoms with Crippen LogP contribution in [0.1, 0.15) is 30.9 Å². The number of pyridine rings is 1. The number of nitrogen functional groups attached to an aromatic ring is 1. The van der Waals surface area contributed by atoms with Gasteiger partial charge in [0.1, 0.15) is 0 Å². The Labute approximate surface area is 115 Å². The first-order valence-corrected chi connectivity index (χ1v) is 6.57. The van der Waals surface area contributed by atoms with Gasteiger partial charge in [-0.15, -0.1) is 0 Å². The van der Waals surface area contributed by atoms with Gasteiger partial charge in [0.15, 0.2) is 0 Å². The fourth-order valence-electron chi connectivity index (χ4n) is 2.11. The molecule has 0 aliphatic carbocycles. The molecule has 0 fully saturated rings. The molecule has 0 saturated heterocycles. The molecular formula is C16H21N3. The zero-order valence-corrected chi connectivity index (χ0v) is 11.8. The minimum absolute atomic E-state index is 0.572. The standard InChI is InChI=1S/C16H21N3/c1-12(2)14-6-4-13(5-7-14)11-19(3)16-8-9-18-10-15(16)17/h4-10,12H,11,17H2,1-3H3. The predicted molar refractivity (Wildman–Crippen MR) is 81.3 cm³/mol. The van der Waals surface area contributed by atoms with E-state index in [9.17, 15) is 0 Å².